The SMILES string of the molecule is CCN1CCC(C#N)(NC(=O)[C@H](Cc2c(F)cccc2F)NC(=O)c2ccc(-c3ccccc3Cl)c(Cl)c2)CC1. The van der Waals surface area contributed by atoms with Gasteiger partial charge in [0.1, 0.15) is 23.2 Å². The Bertz CT molecular complexity index is 1430. The lowest BCUT2D eigenvalue weighted by Gasteiger charge is -2.38. The summed E-state index contributed by atoms with van der Waals surface area (Å²) in [6, 6.07) is 15.9. The first-order valence-corrected chi connectivity index (χ1v) is 13.7. The van der Waals surface area contributed by atoms with Crippen molar-refractivity contribution in [1.82, 2.24) is 15.5 Å². The predicted octanol–water partition coefficient (Wildman–Crippen LogP) is 5.77. The number of benzene rings is 3. The highest BCUT2D eigenvalue weighted by Crippen LogP contribution is 2.33. The average molecular weight is 585 g/mol. The molecule has 40 heavy (non-hydrogen) atoms. The Morgan fingerprint density at radius 2 is 1.65 bits per heavy atom. The Morgan fingerprint density at radius 1 is 1.00 bits per heavy atom. The molecule has 1 fully saturated rings. The number of halogens is 4. The van der Waals surface area contributed by atoms with Gasteiger partial charge in [-0.25, -0.2) is 8.78 Å². The van der Waals surface area contributed by atoms with E-state index < -0.39 is 41.5 Å². The maximum Gasteiger partial charge on any atom is 0.251 e. The second-order valence-corrected chi connectivity index (χ2v) is 10.5. The molecule has 10 heteroatoms. The molecule has 2 amide bonds. The Balaban J connectivity index is 1.59. The van der Waals surface area contributed by atoms with Crippen LogP contribution in [0.25, 0.3) is 11.1 Å². The van der Waals surface area contributed by atoms with Gasteiger partial charge in [0.25, 0.3) is 5.91 Å². The number of likely N-dealkylation sites (tertiary alicyclic amines) is 1. The summed E-state index contributed by atoms with van der Waals surface area (Å²) in [5.41, 5.74) is -0.0645. The summed E-state index contributed by atoms with van der Waals surface area (Å²) in [5.74, 6) is -3.06. The van der Waals surface area contributed by atoms with Crippen molar-refractivity contribution in [3.63, 3.8) is 0 Å². The van der Waals surface area contributed by atoms with Gasteiger partial charge in [0.15, 0.2) is 0 Å². The van der Waals surface area contributed by atoms with Gasteiger partial charge in [0.05, 0.1) is 6.07 Å². The molecule has 3 aromatic rings. The number of hydrogen-bond donors (Lipinski definition) is 2. The summed E-state index contributed by atoms with van der Waals surface area (Å²) in [6.07, 6.45) is 0.317. The number of carbonyl (C=O) groups excluding carboxylic acids is 2. The Morgan fingerprint density at radius 3 is 2.25 bits per heavy atom. The lowest BCUT2D eigenvalue weighted by atomic mass is 9.88. The number of nitriles is 1. The Kier molecular flexibility index (Phi) is 9.41. The third kappa shape index (κ3) is 6.61. The van der Waals surface area contributed by atoms with Crippen LogP contribution in [-0.2, 0) is 11.2 Å². The van der Waals surface area contributed by atoms with Crippen LogP contribution in [0, 0.1) is 23.0 Å². The number of amides is 2. The fraction of sp³-hybridized carbons (Fsp3) is 0.300. The molecule has 0 radical (unpaired) electrons. The molecule has 3 aromatic carbocycles. The number of piperidine rings is 1. The summed E-state index contributed by atoms with van der Waals surface area (Å²) >= 11 is 12.8. The smallest absolute Gasteiger partial charge is 0.251 e. The van der Waals surface area contributed by atoms with E-state index in [0.717, 1.165) is 18.7 Å². The van der Waals surface area contributed by atoms with Crippen molar-refractivity contribution in [3.8, 4) is 17.2 Å². The maximum absolute atomic E-state index is 14.5. The van der Waals surface area contributed by atoms with Gasteiger partial charge < -0.3 is 15.5 Å². The molecule has 1 heterocycles. The summed E-state index contributed by atoms with van der Waals surface area (Å²) in [6.45, 7) is 4.05. The van der Waals surface area contributed by atoms with E-state index in [-0.39, 0.29) is 16.1 Å². The summed E-state index contributed by atoms with van der Waals surface area (Å²) in [7, 11) is 0. The minimum atomic E-state index is -1.37. The van der Waals surface area contributed by atoms with E-state index in [4.69, 9.17) is 23.2 Å². The highest BCUT2D eigenvalue weighted by molar-refractivity contribution is 6.36. The Labute approximate surface area is 241 Å². The monoisotopic (exact) mass is 584 g/mol. The molecule has 0 spiro atoms. The number of nitrogens with zero attached hydrogens (tertiary/aromatic N) is 2. The van der Waals surface area contributed by atoms with E-state index in [1.54, 1.807) is 24.3 Å². The van der Waals surface area contributed by atoms with Crippen molar-refractivity contribution >= 4 is 35.0 Å². The largest absolute Gasteiger partial charge is 0.340 e. The van der Waals surface area contributed by atoms with Crippen LogP contribution in [0.5, 0.6) is 0 Å². The molecule has 2 N–H and O–H groups in total. The van der Waals surface area contributed by atoms with E-state index in [0.29, 0.717) is 42.1 Å². The number of hydrogen-bond acceptors (Lipinski definition) is 4. The molecule has 0 aliphatic carbocycles. The first kappa shape index (κ1) is 29.5. The first-order valence-electron chi connectivity index (χ1n) is 12.9. The predicted molar refractivity (Wildman–Crippen MR) is 151 cm³/mol. The standard InChI is InChI=1S/C30H28Cl2F2N4O2/c1-2-38-14-12-30(18-35,13-15-38)37-29(40)27(17-22-25(33)8-5-9-26(22)34)36-28(39)19-10-11-21(24(32)16-19)20-6-3-4-7-23(20)31/h3-11,16,27H,2,12-15,17H2,1H3,(H,36,39)(H,37,40)/t27-/m0/s1. The Hall–Kier alpha value is -3.51. The molecule has 208 valence electrons. The van der Waals surface area contributed by atoms with Crippen molar-refractivity contribution in [2.75, 3.05) is 19.6 Å². The molecule has 1 saturated heterocycles. The zero-order chi connectivity index (χ0) is 28.9. The fourth-order valence-corrected chi connectivity index (χ4v) is 5.30. The summed E-state index contributed by atoms with van der Waals surface area (Å²) in [5, 5.41) is 16.0. The molecule has 6 nitrogen and oxygen atoms in total. The number of carbonyl (C=O) groups is 2. The van der Waals surface area contributed by atoms with E-state index in [1.807, 2.05) is 13.0 Å². The summed E-state index contributed by atoms with van der Waals surface area (Å²) in [4.78, 5) is 28.9. The van der Waals surface area contributed by atoms with Gasteiger partial charge in [-0.3, -0.25) is 9.59 Å². The quantitative estimate of drug-likeness (QED) is 0.352. The first-order chi connectivity index (χ1) is 19.2. The van der Waals surface area contributed by atoms with E-state index in [9.17, 15) is 23.6 Å². The van der Waals surface area contributed by atoms with Gasteiger partial charge in [0.2, 0.25) is 5.91 Å². The minimum Gasteiger partial charge on any atom is -0.340 e. The van der Waals surface area contributed by atoms with Crippen molar-refractivity contribution in [2.45, 2.75) is 37.8 Å². The van der Waals surface area contributed by atoms with Crippen LogP contribution in [0.1, 0.15) is 35.7 Å². The van der Waals surface area contributed by atoms with Gasteiger partial charge in [0, 0.05) is 51.8 Å². The molecule has 0 aromatic heterocycles. The van der Waals surface area contributed by atoms with Gasteiger partial charge in [-0.05, 0) is 49.7 Å². The minimum absolute atomic E-state index is 0.138. The maximum atomic E-state index is 14.5. The van der Waals surface area contributed by atoms with Crippen molar-refractivity contribution in [2.24, 2.45) is 0 Å². The molecule has 1 aliphatic heterocycles. The van der Waals surface area contributed by atoms with Gasteiger partial charge in [-0.2, -0.15) is 5.26 Å². The van der Waals surface area contributed by atoms with Crippen LogP contribution >= 0.6 is 23.2 Å². The van der Waals surface area contributed by atoms with Crippen molar-refractivity contribution in [3.05, 3.63) is 93.5 Å². The molecule has 0 saturated carbocycles. The second kappa shape index (κ2) is 12.8. The van der Waals surface area contributed by atoms with Gasteiger partial charge in [-0.15, -0.1) is 0 Å². The summed E-state index contributed by atoms with van der Waals surface area (Å²) < 4.78 is 29.1. The topological polar surface area (TPSA) is 85.2 Å². The van der Waals surface area contributed by atoms with E-state index in [1.165, 1.54) is 18.2 Å². The molecular weight excluding hydrogens is 557 g/mol. The fourth-order valence-electron chi connectivity index (χ4n) is 4.78. The second-order valence-electron chi connectivity index (χ2n) is 9.72. The van der Waals surface area contributed by atoms with Crippen molar-refractivity contribution < 1.29 is 18.4 Å². The normalized spacial score (nSPS) is 15.6. The van der Waals surface area contributed by atoms with Crippen LogP contribution in [0.2, 0.25) is 10.0 Å². The van der Waals surface area contributed by atoms with Crippen LogP contribution < -0.4 is 10.6 Å². The number of rotatable bonds is 8. The zero-order valence-corrected chi connectivity index (χ0v) is 23.3. The van der Waals surface area contributed by atoms with Crippen LogP contribution in [-0.4, -0.2) is 47.9 Å². The van der Waals surface area contributed by atoms with Gasteiger partial charge in [-0.1, -0.05) is 60.5 Å². The molecule has 0 bridgehead atoms. The molecule has 1 aliphatic rings. The molecule has 4 rings (SSSR count). The van der Waals surface area contributed by atoms with Crippen LogP contribution in [0.3, 0.4) is 0 Å². The zero-order valence-electron chi connectivity index (χ0n) is 21.8. The van der Waals surface area contributed by atoms with Gasteiger partial charge >= 0.3 is 0 Å². The highest BCUT2D eigenvalue weighted by Gasteiger charge is 2.38. The molecular formula is C30H28Cl2F2N4O2. The van der Waals surface area contributed by atoms with Crippen molar-refractivity contribution in [1.29, 1.82) is 5.26 Å². The lowest BCUT2D eigenvalue weighted by Crippen LogP contribution is -2.59. The average Bonchev–Trinajstić information content (AvgIpc) is 2.95. The molecule has 1 atom stereocenters. The third-order valence-electron chi connectivity index (χ3n) is 7.22. The third-order valence-corrected chi connectivity index (χ3v) is 7.86. The van der Waals surface area contributed by atoms with Crippen LogP contribution in [0.4, 0.5) is 8.78 Å². The lowest BCUT2D eigenvalue weighted by molar-refractivity contribution is -0.124. The van der Waals surface area contributed by atoms with E-state index in [2.05, 4.69) is 21.6 Å². The van der Waals surface area contributed by atoms with E-state index >= 15 is 0 Å². The van der Waals surface area contributed by atoms with Crippen LogP contribution in [0.15, 0.2) is 60.7 Å². The molecule has 0 unspecified atom stereocenters. The number of nitrogens with one attached hydrogen (secondary N) is 2. The highest BCUT2D eigenvalue weighted by atomic mass is 35.5.